The van der Waals surface area contributed by atoms with Crippen molar-refractivity contribution in [2.24, 2.45) is 0 Å². The topological polar surface area (TPSA) is 388 Å². The van der Waals surface area contributed by atoms with Crippen LogP contribution in [0.15, 0.2) is 114 Å². The third-order valence-corrected chi connectivity index (χ3v) is 21.2. The second kappa shape index (κ2) is 29.0. The van der Waals surface area contributed by atoms with Crippen LogP contribution < -0.4 is 4.90 Å². The zero-order valence-corrected chi connectivity index (χ0v) is 55.4. The second-order valence-corrected chi connectivity index (χ2v) is 30.2. The number of fused-ring (bicyclic) bond motifs is 6. The van der Waals surface area contributed by atoms with Crippen molar-refractivity contribution in [3.8, 4) is 0 Å². The molecule has 0 radical (unpaired) electrons. The van der Waals surface area contributed by atoms with Crippen LogP contribution in [-0.4, -0.2) is 184 Å². The molecule has 4 aromatic carbocycles. The number of hydrogen-bond donors (Lipinski definition) is 5. The fourth-order valence-corrected chi connectivity index (χ4v) is 15.7. The first kappa shape index (κ1) is 71.9. The fourth-order valence-electron chi connectivity index (χ4n) is 12.2. The number of imide groups is 1. The molecule has 3 heterocycles. The van der Waals surface area contributed by atoms with Crippen molar-refractivity contribution in [2.75, 3.05) is 90.8 Å². The summed E-state index contributed by atoms with van der Waals surface area (Å²) in [6.45, 7) is 5.29. The summed E-state index contributed by atoms with van der Waals surface area (Å²) < 4.78 is 209. The Balaban J connectivity index is 1.26. The van der Waals surface area contributed by atoms with Gasteiger partial charge in [-0.2, -0.15) is 46.7 Å². The van der Waals surface area contributed by atoms with Gasteiger partial charge < -0.3 is 33.4 Å². The van der Waals surface area contributed by atoms with E-state index < -0.39 is 105 Å². The monoisotopic (exact) mass is 1400 g/mol. The SMILES string of the molecule is COCCOCCOCCOCCC1(C)/C(=C\C=C2/CCCC(/C=C/C3=[N+](CCOC)c4ccc5c(S(=O)(=O)O)cc(S(=O)(=O)O)cc5c4C3(C)CCCS(=O)(=O)O)=C2Cl)N(CCCC(=O)ON2C(=O)CCC2=O)c2ccc3c(S(=O)(=O)O)cc(S(=O)(=O)O)cc3c21. The second-order valence-electron chi connectivity index (χ2n) is 22.6. The Morgan fingerprint density at radius 3 is 1.73 bits per heavy atom. The molecule has 0 spiro atoms. The first-order valence-electron chi connectivity index (χ1n) is 28.9. The van der Waals surface area contributed by atoms with Crippen LogP contribution in [-0.2, 0) is 104 Å². The maximum atomic E-state index is 13.3. The molecule has 2 amide bonds. The van der Waals surface area contributed by atoms with E-state index in [1.54, 1.807) is 62.3 Å². The molecule has 2 atom stereocenters. The number of allylic oxidation sites excluding steroid dienone is 8. The van der Waals surface area contributed by atoms with Gasteiger partial charge in [0.1, 0.15) is 16.4 Å². The van der Waals surface area contributed by atoms with Crippen LogP contribution in [0.4, 0.5) is 11.4 Å². The Labute approximate surface area is 537 Å². The molecule has 502 valence electrons. The first-order chi connectivity index (χ1) is 43.1. The molecule has 0 aromatic heterocycles. The number of hydroxylamine groups is 2. The molecule has 4 aliphatic rings. The lowest BCUT2D eigenvalue weighted by atomic mass is 9.74. The molecule has 4 aromatic rings. The summed E-state index contributed by atoms with van der Waals surface area (Å²) in [5, 5.41) is 0.450. The number of carbonyl (C=O) groups excluding carboxylic acids is 3. The van der Waals surface area contributed by atoms with E-state index in [-0.39, 0.29) is 118 Å². The molecule has 33 heteroatoms. The van der Waals surface area contributed by atoms with E-state index in [1.165, 1.54) is 19.2 Å². The van der Waals surface area contributed by atoms with Crippen LogP contribution in [0.5, 0.6) is 0 Å². The smallest absolute Gasteiger partial charge is 0.333 e. The Hall–Kier alpha value is -5.92. The molecule has 2 unspecified atom stereocenters. The van der Waals surface area contributed by atoms with Crippen LogP contribution in [0.25, 0.3) is 21.5 Å². The zero-order chi connectivity index (χ0) is 67.4. The van der Waals surface area contributed by atoms with Gasteiger partial charge in [-0.05, 0) is 129 Å². The number of nitrogens with zero attached hydrogens (tertiary/aromatic N) is 3. The van der Waals surface area contributed by atoms with Crippen LogP contribution in [0.2, 0.25) is 0 Å². The van der Waals surface area contributed by atoms with Gasteiger partial charge in [0.15, 0.2) is 12.3 Å². The minimum absolute atomic E-state index is 0.000857. The van der Waals surface area contributed by atoms with E-state index in [9.17, 15) is 79.2 Å². The lowest BCUT2D eigenvalue weighted by molar-refractivity contribution is -0.441. The van der Waals surface area contributed by atoms with Gasteiger partial charge in [0.25, 0.3) is 62.4 Å². The molecule has 5 N–H and O–H groups in total. The third-order valence-electron chi connectivity index (χ3n) is 16.5. The van der Waals surface area contributed by atoms with Crippen molar-refractivity contribution < 1.29 is 112 Å². The van der Waals surface area contributed by atoms with Gasteiger partial charge in [-0.1, -0.05) is 29.8 Å². The Morgan fingerprint density at radius 1 is 0.620 bits per heavy atom. The average Bonchev–Trinajstić information content (AvgIpc) is 1.53. The summed E-state index contributed by atoms with van der Waals surface area (Å²) in [4.78, 5) is 41.6. The van der Waals surface area contributed by atoms with Gasteiger partial charge in [0, 0.05) is 96.9 Å². The lowest BCUT2D eigenvalue weighted by Gasteiger charge is -2.31. The Kier molecular flexibility index (Phi) is 22.6. The highest BCUT2D eigenvalue weighted by Crippen LogP contribution is 2.54. The first-order valence-corrected chi connectivity index (χ1v) is 36.6. The fraction of sp³-hybridized carbons (Fsp3) is 0.458. The predicted molar refractivity (Wildman–Crippen MR) is 334 cm³/mol. The Morgan fingerprint density at radius 2 is 1.17 bits per heavy atom. The van der Waals surface area contributed by atoms with Crippen molar-refractivity contribution in [1.29, 1.82) is 0 Å². The Bertz CT molecular complexity index is 4340. The normalized spacial score (nSPS) is 20.2. The molecular formula is C59H71ClN3O24S5+. The quantitative estimate of drug-likeness (QED) is 0.0147. The van der Waals surface area contributed by atoms with Gasteiger partial charge >= 0.3 is 5.97 Å². The number of hydrogen-bond acceptors (Lipinski definition) is 20. The predicted octanol–water partition coefficient (Wildman–Crippen LogP) is 6.95. The molecule has 27 nitrogen and oxygen atoms in total. The van der Waals surface area contributed by atoms with Crippen molar-refractivity contribution in [3.63, 3.8) is 0 Å². The van der Waals surface area contributed by atoms with Crippen LogP contribution in [0.3, 0.4) is 0 Å². The number of halogens is 1. The highest BCUT2D eigenvalue weighted by Gasteiger charge is 2.50. The molecule has 1 saturated heterocycles. The molecule has 3 aliphatic heterocycles. The molecule has 1 aliphatic carbocycles. The average molecular weight is 1400 g/mol. The van der Waals surface area contributed by atoms with Crippen molar-refractivity contribution >= 4 is 119 Å². The zero-order valence-electron chi connectivity index (χ0n) is 50.5. The van der Waals surface area contributed by atoms with Crippen molar-refractivity contribution in [3.05, 3.63) is 106 Å². The summed E-state index contributed by atoms with van der Waals surface area (Å²) in [6.07, 6.45) is 7.56. The number of benzene rings is 4. The van der Waals surface area contributed by atoms with Gasteiger partial charge in [-0.3, -0.25) is 32.4 Å². The molecule has 92 heavy (non-hydrogen) atoms. The largest absolute Gasteiger partial charge is 0.382 e. The summed E-state index contributed by atoms with van der Waals surface area (Å²) in [7, 11) is -22.1. The van der Waals surface area contributed by atoms with E-state index in [1.807, 2.05) is 4.58 Å². The highest BCUT2D eigenvalue weighted by molar-refractivity contribution is 7.87. The molecule has 1 fully saturated rings. The van der Waals surface area contributed by atoms with Crippen LogP contribution in [0, 0.1) is 0 Å². The molecule has 8 rings (SSSR count). The highest BCUT2D eigenvalue weighted by atomic mass is 35.5. The summed E-state index contributed by atoms with van der Waals surface area (Å²) in [6, 6.07) is 9.23. The van der Waals surface area contributed by atoms with Crippen molar-refractivity contribution in [1.82, 2.24) is 5.06 Å². The number of carbonyl (C=O) groups is 3. The molecule has 0 bridgehead atoms. The van der Waals surface area contributed by atoms with E-state index in [4.69, 9.17) is 40.1 Å². The minimum atomic E-state index is -5.17. The maximum Gasteiger partial charge on any atom is 0.333 e. The van der Waals surface area contributed by atoms with Gasteiger partial charge in [0.05, 0.1) is 60.6 Å². The molecule has 0 saturated carbocycles. The number of anilines is 1. The number of rotatable bonds is 31. The lowest BCUT2D eigenvalue weighted by Crippen LogP contribution is -2.33. The van der Waals surface area contributed by atoms with E-state index in [0.29, 0.717) is 101 Å². The van der Waals surface area contributed by atoms with Crippen LogP contribution in [0.1, 0.15) is 89.2 Å². The van der Waals surface area contributed by atoms with E-state index in [2.05, 4.69) is 0 Å². The minimum Gasteiger partial charge on any atom is -0.382 e. The van der Waals surface area contributed by atoms with Gasteiger partial charge in [-0.15, -0.1) is 5.06 Å². The van der Waals surface area contributed by atoms with E-state index in [0.717, 1.165) is 12.1 Å². The number of amides is 2. The van der Waals surface area contributed by atoms with Gasteiger partial charge in [0.2, 0.25) is 5.69 Å². The van der Waals surface area contributed by atoms with E-state index >= 15 is 0 Å². The summed E-state index contributed by atoms with van der Waals surface area (Å²) >= 11 is 7.43. The number of methoxy groups -OCH3 is 2. The summed E-state index contributed by atoms with van der Waals surface area (Å²) in [5.41, 5.74) is 0.883. The van der Waals surface area contributed by atoms with Crippen LogP contribution >= 0.6 is 11.6 Å². The standard InChI is InChI=1S/C59H70ClN3O24S5/c1-58(21-7-33-88(67,68)69)50(62(24-26-82-3)47-16-14-42-44(55(47)58)34-40(89(70,71)72)36-48(42)91(76,77)78)17-11-38-8-5-9-39(57(38)60)12-18-51-59(2,22-25-84-29-30-86-32-31-85-28-27-83-4)56-45-35-41(90(73,74)75)37-49(92(79,80)81)43(45)13-15-46(56)61(51)23-6-10-54(66)87-63-52(64)19-20-53(63)65/h11-18,34-37H,5-10,19-33H2,1-4H3,(H4-,67,68,69,70,71,72,73,74,75,76,77,78,79,80,81)/p+1. The summed E-state index contributed by atoms with van der Waals surface area (Å²) in [5.74, 6) is -2.98. The number of ether oxygens (including phenoxy) is 5. The van der Waals surface area contributed by atoms with Crippen molar-refractivity contribution in [2.45, 2.75) is 108 Å². The molecular weight excluding hydrogens is 1330 g/mol. The maximum absolute atomic E-state index is 13.3. The third kappa shape index (κ3) is 16.2. The van der Waals surface area contributed by atoms with Gasteiger partial charge in [-0.25, -0.2) is 4.79 Å².